The molecule has 10 heteroatoms. The molecular formula is C32H26Cl2N4O4. The van der Waals surface area contributed by atoms with E-state index in [1.165, 1.54) is 10.6 Å². The number of carbonyl (C=O) groups excluding carboxylic acids is 2. The minimum absolute atomic E-state index is 0.129. The maximum atomic E-state index is 13.6. The third kappa shape index (κ3) is 6.62. The Morgan fingerprint density at radius 3 is 2.21 bits per heavy atom. The number of amides is 2. The van der Waals surface area contributed by atoms with Gasteiger partial charge in [-0.1, -0.05) is 77.8 Å². The lowest BCUT2D eigenvalue weighted by Crippen LogP contribution is -2.40. The summed E-state index contributed by atoms with van der Waals surface area (Å²) in [6.07, 6.45) is 0.882. The topological polar surface area (TPSA) is 102 Å². The number of fused-ring (bicyclic) bond motifs is 1. The van der Waals surface area contributed by atoms with E-state index in [0.717, 1.165) is 22.1 Å². The minimum Gasteiger partial charge on any atom is -0.355 e. The molecule has 2 amide bonds. The van der Waals surface area contributed by atoms with Crippen LogP contribution in [-0.4, -0.2) is 27.5 Å². The Bertz CT molecular complexity index is 1880. The molecule has 0 aliphatic carbocycles. The van der Waals surface area contributed by atoms with E-state index in [1.807, 2.05) is 30.3 Å². The molecule has 0 aliphatic heterocycles. The number of aromatic nitrogens is 2. The van der Waals surface area contributed by atoms with E-state index in [1.54, 1.807) is 60.7 Å². The summed E-state index contributed by atoms with van der Waals surface area (Å²) < 4.78 is 2.26. The van der Waals surface area contributed by atoms with Gasteiger partial charge in [-0.2, -0.15) is 0 Å². The molecule has 0 atom stereocenters. The number of nitrogens with one attached hydrogen (secondary N) is 2. The van der Waals surface area contributed by atoms with Gasteiger partial charge in [-0.25, -0.2) is 9.36 Å². The molecule has 0 spiro atoms. The number of carbonyl (C=O) groups is 2. The third-order valence-corrected chi connectivity index (χ3v) is 7.24. The Morgan fingerprint density at radius 1 is 0.762 bits per heavy atom. The smallest absolute Gasteiger partial charge is 0.336 e. The second-order valence-corrected chi connectivity index (χ2v) is 10.5. The largest absolute Gasteiger partial charge is 0.355 e. The number of para-hydroxylation sites is 1. The van der Waals surface area contributed by atoms with Crippen LogP contribution in [-0.2, 0) is 29.0 Å². The summed E-state index contributed by atoms with van der Waals surface area (Å²) >= 11 is 12.1. The number of rotatable bonds is 9. The van der Waals surface area contributed by atoms with Gasteiger partial charge in [-0.15, -0.1) is 0 Å². The number of hydrogen-bond acceptors (Lipinski definition) is 4. The van der Waals surface area contributed by atoms with Gasteiger partial charge in [-0.05, 0) is 60.0 Å². The molecule has 212 valence electrons. The Morgan fingerprint density at radius 2 is 1.48 bits per heavy atom. The first-order chi connectivity index (χ1) is 20.3. The second kappa shape index (κ2) is 12.9. The van der Waals surface area contributed by atoms with Gasteiger partial charge >= 0.3 is 5.69 Å². The molecule has 8 nitrogen and oxygen atoms in total. The molecule has 1 heterocycles. The molecule has 0 radical (unpaired) electrons. The molecule has 0 saturated heterocycles. The highest BCUT2D eigenvalue weighted by Gasteiger charge is 2.17. The maximum absolute atomic E-state index is 13.6. The Balaban J connectivity index is 1.36. The average Bonchev–Trinajstić information content (AvgIpc) is 2.98. The zero-order valence-corrected chi connectivity index (χ0v) is 23.9. The summed E-state index contributed by atoms with van der Waals surface area (Å²) in [6.45, 7) is 0.157. The minimum atomic E-state index is -0.678. The van der Waals surface area contributed by atoms with Crippen LogP contribution < -0.4 is 21.9 Å². The standard InChI is InChI=1S/C32H26Cl2N4O4/c33-23-12-15-27(26(34)19-23)36-30(40)20-37-28-9-5-4-8-25(28)31(41)38(32(37)42)24-13-10-22(11-14-24)18-29(39)35-17-16-21-6-2-1-3-7-21/h1-15,19H,16-18,20H2,(H,35,39)(H,36,40). The van der Waals surface area contributed by atoms with E-state index in [2.05, 4.69) is 10.6 Å². The van der Waals surface area contributed by atoms with Crippen LogP contribution in [0.2, 0.25) is 10.0 Å². The van der Waals surface area contributed by atoms with Crippen molar-refractivity contribution in [2.24, 2.45) is 0 Å². The summed E-state index contributed by atoms with van der Waals surface area (Å²) in [5.41, 5.74) is 1.66. The fourth-order valence-corrected chi connectivity index (χ4v) is 5.08. The van der Waals surface area contributed by atoms with E-state index in [9.17, 15) is 19.2 Å². The summed E-state index contributed by atoms with van der Waals surface area (Å²) in [5.74, 6) is -0.638. The molecular weight excluding hydrogens is 575 g/mol. The Labute approximate surface area is 251 Å². The molecule has 4 aromatic carbocycles. The van der Waals surface area contributed by atoms with Gasteiger partial charge in [0, 0.05) is 11.6 Å². The van der Waals surface area contributed by atoms with Crippen LogP contribution in [0.15, 0.2) is 107 Å². The zero-order chi connectivity index (χ0) is 29.6. The quantitative estimate of drug-likeness (QED) is 0.248. The van der Waals surface area contributed by atoms with Crippen molar-refractivity contribution in [3.8, 4) is 5.69 Å². The molecule has 1 aromatic heterocycles. The molecule has 0 unspecified atom stereocenters. The van der Waals surface area contributed by atoms with Crippen LogP contribution in [0.3, 0.4) is 0 Å². The highest BCUT2D eigenvalue weighted by molar-refractivity contribution is 6.36. The van der Waals surface area contributed by atoms with Gasteiger partial charge in [-0.3, -0.25) is 19.0 Å². The fourth-order valence-electron chi connectivity index (χ4n) is 4.63. The summed E-state index contributed by atoms with van der Waals surface area (Å²) in [7, 11) is 0. The van der Waals surface area contributed by atoms with E-state index in [0.29, 0.717) is 28.5 Å². The zero-order valence-electron chi connectivity index (χ0n) is 22.3. The summed E-state index contributed by atoms with van der Waals surface area (Å²) in [6, 6.07) is 27.8. The normalized spacial score (nSPS) is 10.9. The van der Waals surface area contributed by atoms with Gasteiger partial charge in [0.15, 0.2) is 0 Å². The lowest BCUT2D eigenvalue weighted by Gasteiger charge is -2.15. The van der Waals surface area contributed by atoms with Gasteiger partial charge < -0.3 is 10.6 Å². The molecule has 5 rings (SSSR count). The van der Waals surface area contributed by atoms with E-state index >= 15 is 0 Å². The van der Waals surface area contributed by atoms with Crippen molar-refractivity contribution in [2.45, 2.75) is 19.4 Å². The van der Waals surface area contributed by atoms with Crippen molar-refractivity contribution >= 4 is 51.6 Å². The molecule has 0 saturated carbocycles. The number of halogens is 2. The SMILES string of the molecule is O=C(Cc1ccc(-n2c(=O)c3ccccc3n(CC(=O)Nc3ccc(Cl)cc3Cl)c2=O)cc1)NCCc1ccccc1. The van der Waals surface area contributed by atoms with Crippen LogP contribution in [0.25, 0.3) is 16.6 Å². The van der Waals surface area contributed by atoms with Crippen molar-refractivity contribution in [3.05, 3.63) is 139 Å². The van der Waals surface area contributed by atoms with Gasteiger partial charge in [0.25, 0.3) is 5.56 Å². The van der Waals surface area contributed by atoms with Gasteiger partial charge in [0.1, 0.15) is 6.54 Å². The van der Waals surface area contributed by atoms with Crippen molar-refractivity contribution in [3.63, 3.8) is 0 Å². The monoisotopic (exact) mass is 600 g/mol. The van der Waals surface area contributed by atoms with Crippen LogP contribution in [0.1, 0.15) is 11.1 Å². The van der Waals surface area contributed by atoms with Gasteiger partial charge in [0.05, 0.1) is 33.7 Å². The molecule has 0 bridgehead atoms. The molecule has 42 heavy (non-hydrogen) atoms. The maximum Gasteiger partial charge on any atom is 0.336 e. The first kappa shape index (κ1) is 28.9. The highest BCUT2D eigenvalue weighted by Crippen LogP contribution is 2.25. The lowest BCUT2D eigenvalue weighted by molar-refractivity contribution is -0.120. The van der Waals surface area contributed by atoms with E-state index in [-0.39, 0.29) is 29.3 Å². The average molecular weight is 601 g/mol. The van der Waals surface area contributed by atoms with Crippen molar-refractivity contribution < 1.29 is 9.59 Å². The van der Waals surface area contributed by atoms with Gasteiger partial charge in [0.2, 0.25) is 11.8 Å². The Kier molecular flexibility index (Phi) is 8.85. The molecule has 2 N–H and O–H groups in total. The molecule has 0 aliphatic rings. The van der Waals surface area contributed by atoms with Crippen LogP contribution in [0.4, 0.5) is 5.69 Å². The summed E-state index contributed by atoms with van der Waals surface area (Å²) in [5, 5.41) is 6.55. The van der Waals surface area contributed by atoms with Crippen LogP contribution in [0, 0.1) is 0 Å². The number of anilines is 1. The number of hydrogen-bond donors (Lipinski definition) is 2. The first-order valence-corrected chi connectivity index (χ1v) is 13.9. The van der Waals surface area contributed by atoms with E-state index in [4.69, 9.17) is 23.2 Å². The summed E-state index contributed by atoms with van der Waals surface area (Å²) in [4.78, 5) is 52.5. The Hall–Kier alpha value is -4.66. The second-order valence-electron chi connectivity index (χ2n) is 9.63. The first-order valence-electron chi connectivity index (χ1n) is 13.2. The molecule has 0 fully saturated rings. The predicted molar refractivity (Wildman–Crippen MR) is 166 cm³/mol. The lowest BCUT2D eigenvalue weighted by atomic mass is 10.1. The highest BCUT2D eigenvalue weighted by atomic mass is 35.5. The van der Waals surface area contributed by atoms with Crippen LogP contribution >= 0.6 is 23.2 Å². The van der Waals surface area contributed by atoms with Crippen molar-refractivity contribution in [1.29, 1.82) is 0 Å². The van der Waals surface area contributed by atoms with Crippen LogP contribution in [0.5, 0.6) is 0 Å². The number of benzene rings is 4. The molecule has 5 aromatic rings. The fraction of sp³-hybridized carbons (Fsp3) is 0.125. The van der Waals surface area contributed by atoms with Crippen molar-refractivity contribution in [1.82, 2.24) is 14.5 Å². The third-order valence-electron chi connectivity index (χ3n) is 6.70. The van der Waals surface area contributed by atoms with Crippen molar-refractivity contribution in [2.75, 3.05) is 11.9 Å². The predicted octanol–water partition coefficient (Wildman–Crippen LogP) is 5.00. The van der Waals surface area contributed by atoms with E-state index < -0.39 is 17.2 Å². The number of nitrogens with zero attached hydrogens (tertiary/aromatic N) is 2.